The maximum Gasteiger partial charge on any atom is 0.0638 e. The van der Waals surface area contributed by atoms with Crippen molar-refractivity contribution in [1.29, 1.82) is 0 Å². The van der Waals surface area contributed by atoms with Crippen LogP contribution in [0.1, 0.15) is 34.1 Å². The molecule has 0 aromatic rings. The molecule has 0 saturated carbocycles. The maximum absolute atomic E-state index is 5.70. The van der Waals surface area contributed by atoms with E-state index in [1.807, 2.05) is 0 Å². The Morgan fingerprint density at radius 3 is 2.29 bits per heavy atom. The van der Waals surface area contributed by atoms with E-state index in [1.54, 1.807) is 7.11 Å². The lowest BCUT2D eigenvalue weighted by Gasteiger charge is -2.29. The van der Waals surface area contributed by atoms with E-state index >= 15 is 0 Å². The molecule has 0 aromatic heterocycles. The fourth-order valence-electron chi connectivity index (χ4n) is 1.32. The Morgan fingerprint density at radius 2 is 1.93 bits per heavy atom. The van der Waals surface area contributed by atoms with E-state index in [-0.39, 0.29) is 5.60 Å². The van der Waals surface area contributed by atoms with Gasteiger partial charge < -0.3 is 15.8 Å². The lowest BCUT2D eigenvalue weighted by atomic mass is 9.98. The van der Waals surface area contributed by atoms with Crippen molar-refractivity contribution in [2.75, 3.05) is 20.2 Å². The molecule has 0 spiro atoms. The maximum atomic E-state index is 5.70. The number of hydrogen-bond donors (Lipinski definition) is 2. The van der Waals surface area contributed by atoms with E-state index in [0.29, 0.717) is 18.5 Å². The third kappa shape index (κ3) is 6.35. The molecule has 0 amide bonds. The molecule has 0 saturated heterocycles. The first-order chi connectivity index (χ1) is 6.41. The molecular formula is C11H26N2O. The minimum Gasteiger partial charge on any atom is -0.379 e. The fraction of sp³-hybridized carbons (Fsp3) is 1.00. The Balaban J connectivity index is 3.90. The highest BCUT2D eigenvalue weighted by Crippen LogP contribution is 2.15. The highest BCUT2D eigenvalue weighted by atomic mass is 16.5. The molecule has 0 aromatic carbocycles. The van der Waals surface area contributed by atoms with Gasteiger partial charge in [-0.25, -0.2) is 0 Å². The molecule has 3 heteroatoms. The number of methoxy groups -OCH3 is 1. The van der Waals surface area contributed by atoms with Crippen molar-refractivity contribution < 1.29 is 4.74 Å². The zero-order valence-electron chi connectivity index (χ0n) is 10.3. The van der Waals surface area contributed by atoms with Crippen LogP contribution in [0.4, 0.5) is 0 Å². The molecule has 0 aliphatic rings. The average Bonchev–Trinajstić information content (AvgIpc) is 2.12. The minimum atomic E-state index is -0.0893. The zero-order valence-corrected chi connectivity index (χ0v) is 10.3. The van der Waals surface area contributed by atoms with Crippen LogP contribution in [-0.2, 0) is 4.74 Å². The summed E-state index contributed by atoms with van der Waals surface area (Å²) in [7, 11) is 1.75. The Morgan fingerprint density at radius 1 is 1.36 bits per heavy atom. The van der Waals surface area contributed by atoms with Crippen LogP contribution in [0, 0.1) is 5.92 Å². The number of ether oxygens (including phenoxy) is 1. The molecule has 0 bridgehead atoms. The summed E-state index contributed by atoms with van der Waals surface area (Å²) in [6, 6.07) is 0.354. The lowest BCUT2D eigenvalue weighted by molar-refractivity contribution is 0.00759. The summed E-state index contributed by atoms with van der Waals surface area (Å²) in [6.07, 6.45) is 0.951. The van der Waals surface area contributed by atoms with Gasteiger partial charge in [0.2, 0.25) is 0 Å². The molecule has 86 valence electrons. The molecule has 0 rings (SSSR count). The number of hydrogen-bond acceptors (Lipinski definition) is 3. The van der Waals surface area contributed by atoms with Crippen LogP contribution < -0.4 is 11.1 Å². The van der Waals surface area contributed by atoms with Crippen molar-refractivity contribution in [1.82, 2.24) is 5.32 Å². The zero-order chi connectivity index (χ0) is 11.2. The topological polar surface area (TPSA) is 47.3 Å². The number of rotatable bonds is 7. The van der Waals surface area contributed by atoms with Crippen molar-refractivity contribution in [2.45, 2.75) is 45.8 Å². The van der Waals surface area contributed by atoms with Gasteiger partial charge in [0.25, 0.3) is 0 Å². The summed E-state index contributed by atoms with van der Waals surface area (Å²) >= 11 is 0. The Bertz CT molecular complexity index is 146. The summed E-state index contributed by atoms with van der Waals surface area (Å²) in [4.78, 5) is 0. The Kier molecular flexibility index (Phi) is 6.33. The first-order valence-electron chi connectivity index (χ1n) is 5.40. The molecule has 0 aliphatic heterocycles. The summed E-state index contributed by atoms with van der Waals surface area (Å²) in [6.45, 7) is 10.3. The van der Waals surface area contributed by atoms with Crippen molar-refractivity contribution in [3.63, 3.8) is 0 Å². The van der Waals surface area contributed by atoms with Crippen LogP contribution >= 0.6 is 0 Å². The number of nitrogens with two attached hydrogens (primary N) is 1. The third-order valence-corrected chi connectivity index (χ3v) is 2.39. The molecule has 0 fully saturated rings. The molecule has 3 N–H and O–H groups in total. The largest absolute Gasteiger partial charge is 0.379 e. The first kappa shape index (κ1) is 13.9. The standard InChI is InChI=1S/C11H26N2O/c1-9(2)8-13-10(7-12)6-11(3,4)14-5/h9-10,13H,6-8,12H2,1-5H3. The third-order valence-electron chi connectivity index (χ3n) is 2.39. The van der Waals surface area contributed by atoms with Gasteiger partial charge in [0.1, 0.15) is 0 Å². The predicted octanol–water partition coefficient (Wildman–Crippen LogP) is 1.37. The van der Waals surface area contributed by atoms with Crippen LogP contribution in [0.2, 0.25) is 0 Å². The van der Waals surface area contributed by atoms with Gasteiger partial charge in [0.05, 0.1) is 5.60 Å². The minimum absolute atomic E-state index is 0.0893. The van der Waals surface area contributed by atoms with Gasteiger partial charge in [-0.2, -0.15) is 0 Å². The molecule has 0 aliphatic carbocycles. The first-order valence-corrected chi connectivity index (χ1v) is 5.40. The average molecular weight is 202 g/mol. The van der Waals surface area contributed by atoms with E-state index in [0.717, 1.165) is 13.0 Å². The van der Waals surface area contributed by atoms with Crippen molar-refractivity contribution in [2.24, 2.45) is 11.7 Å². The molecule has 0 radical (unpaired) electrons. The van der Waals surface area contributed by atoms with Crippen LogP contribution in [0.25, 0.3) is 0 Å². The van der Waals surface area contributed by atoms with Gasteiger partial charge in [-0.1, -0.05) is 13.8 Å². The van der Waals surface area contributed by atoms with Gasteiger partial charge in [0, 0.05) is 19.7 Å². The molecule has 1 atom stereocenters. The van der Waals surface area contributed by atoms with E-state index in [4.69, 9.17) is 10.5 Å². The van der Waals surface area contributed by atoms with Crippen molar-refractivity contribution in [3.05, 3.63) is 0 Å². The number of nitrogens with one attached hydrogen (secondary N) is 1. The summed E-state index contributed by atoms with van der Waals surface area (Å²) < 4.78 is 5.38. The van der Waals surface area contributed by atoms with Crippen molar-refractivity contribution >= 4 is 0 Å². The van der Waals surface area contributed by atoms with Gasteiger partial charge in [-0.3, -0.25) is 0 Å². The second-order valence-electron chi connectivity index (χ2n) is 4.90. The van der Waals surface area contributed by atoms with E-state index < -0.39 is 0 Å². The normalized spacial score (nSPS) is 14.8. The molecule has 0 heterocycles. The van der Waals surface area contributed by atoms with Crippen molar-refractivity contribution in [3.8, 4) is 0 Å². The van der Waals surface area contributed by atoms with E-state index in [2.05, 4.69) is 33.0 Å². The van der Waals surface area contributed by atoms with E-state index in [9.17, 15) is 0 Å². The second-order valence-corrected chi connectivity index (χ2v) is 4.90. The highest BCUT2D eigenvalue weighted by molar-refractivity contribution is 4.79. The van der Waals surface area contributed by atoms with Gasteiger partial charge >= 0.3 is 0 Å². The highest BCUT2D eigenvalue weighted by Gasteiger charge is 2.21. The lowest BCUT2D eigenvalue weighted by Crippen LogP contribution is -2.43. The van der Waals surface area contributed by atoms with Crippen LogP contribution in [0.5, 0.6) is 0 Å². The van der Waals surface area contributed by atoms with Gasteiger partial charge in [-0.05, 0) is 32.7 Å². The Hall–Kier alpha value is -0.120. The van der Waals surface area contributed by atoms with Crippen LogP contribution in [-0.4, -0.2) is 31.8 Å². The monoisotopic (exact) mass is 202 g/mol. The Labute approximate surface area is 88.4 Å². The van der Waals surface area contributed by atoms with Gasteiger partial charge in [-0.15, -0.1) is 0 Å². The van der Waals surface area contributed by atoms with E-state index in [1.165, 1.54) is 0 Å². The quantitative estimate of drug-likeness (QED) is 0.655. The molecule has 1 unspecified atom stereocenters. The van der Waals surface area contributed by atoms with Crippen LogP contribution in [0.15, 0.2) is 0 Å². The summed E-state index contributed by atoms with van der Waals surface area (Å²) in [5.41, 5.74) is 5.61. The predicted molar refractivity (Wildman–Crippen MR) is 61.4 cm³/mol. The molecule has 14 heavy (non-hydrogen) atoms. The second kappa shape index (κ2) is 6.38. The molecular weight excluding hydrogens is 176 g/mol. The molecule has 3 nitrogen and oxygen atoms in total. The fourth-order valence-corrected chi connectivity index (χ4v) is 1.32. The van der Waals surface area contributed by atoms with Gasteiger partial charge in [0.15, 0.2) is 0 Å². The smallest absolute Gasteiger partial charge is 0.0638 e. The SMILES string of the molecule is COC(C)(C)CC(CN)NCC(C)C. The summed E-state index contributed by atoms with van der Waals surface area (Å²) in [5, 5.41) is 3.45. The summed E-state index contributed by atoms with van der Waals surface area (Å²) in [5.74, 6) is 0.662. The van der Waals surface area contributed by atoms with Crippen LogP contribution in [0.3, 0.4) is 0 Å².